The molecule has 1 rings (SSSR count). The Labute approximate surface area is 67.2 Å². The van der Waals surface area contributed by atoms with Crippen LogP contribution in [0.5, 0.6) is 0 Å². The maximum absolute atomic E-state index is 10.0. The van der Waals surface area contributed by atoms with Crippen molar-refractivity contribution in [3.8, 4) is 0 Å². The number of hydrogen-bond donors (Lipinski definition) is 0. The molecule has 2 heteroatoms. The van der Waals surface area contributed by atoms with Crippen molar-refractivity contribution >= 4 is 6.29 Å². The van der Waals surface area contributed by atoms with E-state index in [0.29, 0.717) is 6.42 Å². The standard InChI is InChI=1S/C9H14O2/c1-7-6-9(4-3-5-10)11-8(7)2/h5,8-9H,1,3-4,6H2,2H3. The van der Waals surface area contributed by atoms with Gasteiger partial charge >= 0.3 is 0 Å². The number of ether oxygens (including phenoxy) is 1. The molecular formula is C9H14O2. The molecule has 0 spiro atoms. The third kappa shape index (κ3) is 2.15. The predicted molar refractivity (Wildman–Crippen MR) is 43.4 cm³/mol. The highest BCUT2D eigenvalue weighted by atomic mass is 16.5. The summed E-state index contributed by atoms with van der Waals surface area (Å²) in [7, 11) is 0. The van der Waals surface area contributed by atoms with Gasteiger partial charge in [-0.15, -0.1) is 0 Å². The molecule has 2 nitrogen and oxygen atoms in total. The Balaban J connectivity index is 2.29. The topological polar surface area (TPSA) is 26.3 Å². The molecule has 0 aromatic carbocycles. The van der Waals surface area contributed by atoms with Gasteiger partial charge in [0.2, 0.25) is 0 Å². The normalized spacial score (nSPS) is 30.8. The second kappa shape index (κ2) is 3.67. The van der Waals surface area contributed by atoms with E-state index in [2.05, 4.69) is 6.58 Å². The summed E-state index contributed by atoms with van der Waals surface area (Å²) in [5, 5.41) is 0. The van der Waals surface area contributed by atoms with E-state index in [1.165, 1.54) is 0 Å². The highest BCUT2D eigenvalue weighted by Crippen LogP contribution is 2.26. The molecule has 0 aliphatic carbocycles. The second-order valence-electron chi connectivity index (χ2n) is 3.01. The number of carbonyl (C=O) groups is 1. The van der Waals surface area contributed by atoms with E-state index in [0.717, 1.165) is 24.7 Å². The molecule has 0 aromatic heterocycles. The molecule has 0 aromatic rings. The van der Waals surface area contributed by atoms with Gasteiger partial charge in [0.05, 0.1) is 12.2 Å². The van der Waals surface area contributed by atoms with Crippen molar-refractivity contribution < 1.29 is 9.53 Å². The summed E-state index contributed by atoms with van der Waals surface area (Å²) in [6.07, 6.45) is 3.73. The van der Waals surface area contributed by atoms with Crippen molar-refractivity contribution in [2.75, 3.05) is 0 Å². The van der Waals surface area contributed by atoms with Crippen LogP contribution in [0.1, 0.15) is 26.2 Å². The molecule has 0 N–H and O–H groups in total. The zero-order valence-corrected chi connectivity index (χ0v) is 6.88. The van der Waals surface area contributed by atoms with E-state index < -0.39 is 0 Å². The molecule has 0 bridgehead atoms. The molecule has 2 unspecified atom stereocenters. The van der Waals surface area contributed by atoms with Crippen LogP contribution in [0, 0.1) is 0 Å². The Morgan fingerprint density at radius 3 is 3.00 bits per heavy atom. The molecule has 1 aliphatic rings. The molecule has 62 valence electrons. The van der Waals surface area contributed by atoms with Crippen molar-refractivity contribution in [2.45, 2.75) is 38.4 Å². The van der Waals surface area contributed by atoms with Gasteiger partial charge in [-0.2, -0.15) is 0 Å². The Bertz CT molecular complexity index is 163. The van der Waals surface area contributed by atoms with Gasteiger partial charge in [-0.1, -0.05) is 6.58 Å². The van der Waals surface area contributed by atoms with Crippen LogP contribution < -0.4 is 0 Å². The van der Waals surface area contributed by atoms with Gasteiger partial charge in [0, 0.05) is 6.42 Å². The van der Waals surface area contributed by atoms with Gasteiger partial charge in [0.25, 0.3) is 0 Å². The lowest BCUT2D eigenvalue weighted by atomic mass is 10.1. The zero-order valence-electron chi connectivity index (χ0n) is 6.88. The largest absolute Gasteiger partial charge is 0.371 e. The van der Waals surface area contributed by atoms with Crippen LogP contribution in [0.4, 0.5) is 0 Å². The maximum atomic E-state index is 10.0. The van der Waals surface area contributed by atoms with Gasteiger partial charge < -0.3 is 9.53 Å². The third-order valence-electron chi connectivity index (χ3n) is 2.07. The molecule has 1 aliphatic heterocycles. The summed E-state index contributed by atoms with van der Waals surface area (Å²) < 4.78 is 5.52. The molecule has 1 fully saturated rings. The smallest absolute Gasteiger partial charge is 0.120 e. The Morgan fingerprint density at radius 2 is 2.55 bits per heavy atom. The third-order valence-corrected chi connectivity index (χ3v) is 2.07. The fraction of sp³-hybridized carbons (Fsp3) is 0.667. The van der Waals surface area contributed by atoms with Crippen LogP contribution in [0.2, 0.25) is 0 Å². The molecule has 11 heavy (non-hydrogen) atoms. The molecule has 1 heterocycles. The highest BCUT2D eigenvalue weighted by Gasteiger charge is 2.24. The number of aldehydes is 1. The lowest BCUT2D eigenvalue weighted by molar-refractivity contribution is -0.108. The lowest BCUT2D eigenvalue weighted by Crippen LogP contribution is -2.07. The molecule has 1 saturated heterocycles. The molecular weight excluding hydrogens is 140 g/mol. The Hall–Kier alpha value is -0.630. The average molecular weight is 154 g/mol. The van der Waals surface area contributed by atoms with Gasteiger partial charge in [0.15, 0.2) is 0 Å². The van der Waals surface area contributed by atoms with Crippen molar-refractivity contribution in [1.82, 2.24) is 0 Å². The van der Waals surface area contributed by atoms with E-state index in [-0.39, 0.29) is 12.2 Å². The lowest BCUT2D eigenvalue weighted by Gasteiger charge is -2.07. The second-order valence-corrected chi connectivity index (χ2v) is 3.01. The summed E-state index contributed by atoms with van der Waals surface area (Å²) in [4.78, 5) is 10.0. The number of rotatable bonds is 3. The maximum Gasteiger partial charge on any atom is 0.120 e. The molecule has 0 saturated carbocycles. The summed E-state index contributed by atoms with van der Waals surface area (Å²) in [6, 6.07) is 0. The summed E-state index contributed by atoms with van der Waals surface area (Å²) in [5.41, 5.74) is 1.15. The quantitative estimate of drug-likeness (QED) is 0.457. The average Bonchev–Trinajstić information content (AvgIpc) is 2.28. The van der Waals surface area contributed by atoms with Crippen LogP contribution in [0.15, 0.2) is 12.2 Å². The minimum atomic E-state index is 0.187. The van der Waals surface area contributed by atoms with Crippen LogP contribution in [0.3, 0.4) is 0 Å². The van der Waals surface area contributed by atoms with E-state index in [1.54, 1.807) is 0 Å². The number of hydrogen-bond acceptors (Lipinski definition) is 2. The van der Waals surface area contributed by atoms with Gasteiger partial charge in [-0.25, -0.2) is 0 Å². The highest BCUT2D eigenvalue weighted by molar-refractivity contribution is 5.49. The first-order chi connectivity index (χ1) is 5.24. The first kappa shape index (κ1) is 8.47. The van der Waals surface area contributed by atoms with Crippen molar-refractivity contribution in [1.29, 1.82) is 0 Å². The summed E-state index contributed by atoms with van der Waals surface area (Å²) >= 11 is 0. The van der Waals surface area contributed by atoms with E-state index in [1.807, 2.05) is 6.92 Å². The van der Waals surface area contributed by atoms with Crippen LogP contribution in [0.25, 0.3) is 0 Å². The van der Waals surface area contributed by atoms with Crippen molar-refractivity contribution in [3.05, 3.63) is 12.2 Å². The van der Waals surface area contributed by atoms with Crippen LogP contribution in [-0.4, -0.2) is 18.5 Å². The molecule has 0 radical (unpaired) electrons. The fourth-order valence-corrected chi connectivity index (χ4v) is 1.32. The minimum Gasteiger partial charge on any atom is -0.371 e. The monoisotopic (exact) mass is 154 g/mol. The first-order valence-electron chi connectivity index (χ1n) is 4.00. The Morgan fingerprint density at radius 1 is 1.82 bits per heavy atom. The van der Waals surface area contributed by atoms with Gasteiger partial charge in [0.1, 0.15) is 6.29 Å². The fourth-order valence-electron chi connectivity index (χ4n) is 1.32. The molecule has 0 amide bonds. The van der Waals surface area contributed by atoms with Gasteiger partial charge in [-0.3, -0.25) is 0 Å². The van der Waals surface area contributed by atoms with Crippen LogP contribution >= 0.6 is 0 Å². The summed E-state index contributed by atoms with van der Waals surface area (Å²) in [5.74, 6) is 0. The minimum absolute atomic E-state index is 0.187. The SMILES string of the molecule is C=C1CC(CCC=O)OC1C. The Kier molecular flexibility index (Phi) is 2.83. The van der Waals surface area contributed by atoms with Gasteiger partial charge in [-0.05, 0) is 25.3 Å². The first-order valence-corrected chi connectivity index (χ1v) is 4.00. The zero-order chi connectivity index (χ0) is 8.27. The van der Waals surface area contributed by atoms with E-state index in [9.17, 15) is 4.79 Å². The van der Waals surface area contributed by atoms with Crippen molar-refractivity contribution in [3.63, 3.8) is 0 Å². The van der Waals surface area contributed by atoms with E-state index in [4.69, 9.17) is 4.74 Å². The van der Waals surface area contributed by atoms with Crippen LogP contribution in [-0.2, 0) is 9.53 Å². The van der Waals surface area contributed by atoms with Crippen molar-refractivity contribution in [2.24, 2.45) is 0 Å². The van der Waals surface area contributed by atoms with E-state index >= 15 is 0 Å². The molecule has 2 atom stereocenters. The number of carbonyl (C=O) groups excluding carboxylic acids is 1. The predicted octanol–water partition coefficient (Wildman–Crippen LogP) is 1.70. The summed E-state index contributed by atoms with van der Waals surface area (Å²) in [6.45, 7) is 5.88.